The van der Waals surface area contributed by atoms with Gasteiger partial charge in [0, 0.05) is 6.04 Å². The molecule has 0 aromatic heterocycles. The van der Waals surface area contributed by atoms with E-state index in [2.05, 4.69) is 0 Å². The summed E-state index contributed by atoms with van der Waals surface area (Å²) >= 11 is 0. The maximum atomic E-state index is 9.51. The van der Waals surface area contributed by atoms with Crippen LogP contribution in [-0.4, -0.2) is 53.7 Å². The third-order valence-corrected chi connectivity index (χ3v) is 2.29. The maximum Gasteiger partial charge on any atom is 0.182 e. The Hall–Kier alpha value is -0.160. The van der Waals surface area contributed by atoms with E-state index in [1.165, 1.54) is 0 Å². The second kappa shape index (κ2) is 3.70. The summed E-state index contributed by atoms with van der Waals surface area (Å²) in [5, 5.41) is 18.8. The van der Waals surface area contributed by atoms with Gasteiger partial charge in [0.2, 0.25) is 0 Å². The summed E-state index contributed by atoms with van der Waals surface area (Å²) in [5.41, 5.74) is 0. The number of rotatable bonds is 1. The van der Waals surface area contributed by atoms with Gasteiger partial charge in [-0.3, -0.25) is 0 Å². The third-order valence-electron chi connectivity index (χ3n) is 2.29. The molecular formula is C8H17NO3. The van der Waals surface area contributed by atoms with Gasteiger partial charge in [0.05, 0.1) is 6.10 Å². The van der Waals surface area contributed by atoms with Crippen LogP contribution in [0.25, 0.3) is 0 Å². The van der Waals surface area contributed by atoms with Gasteiger partial charge >= 0.3 is 0 Å². The van der Waals surface area contributed by atoms with Crippen LogP contribution in [0.15, 0.2) is 0 Å². The predicted octanol–water partition coefficient (Wildman–Crippen LogP) is -0.595. The predicted molar refractivity (Wildman–Crippen MR) is 44.7 cm³/mol. The molecule has 4 nitrogen and oxygen atoms in total. The van der Waals surface area contributed by atoms with Gasteiger partial charge in [0.1, 0.15) is 6.10 Å². The van der Waals surface area contributed by atoms with Crippen LogP contribution in [0.5, 0.6) is 0 Å². The average Bonchev–Trinajstić information content (AvgIpc) is 1.96. The third kappa shape index (κ3) is 1.95. The lowest BCUT2D eigenvalue weighted by Crippen LogP contribution is -2.53. The number of likely N-dealkylation sites (N-methyl/N-ethyl adjacent to an activating group) is 1. The van der Waals surface area contributed by atoms with Crippen LogP contribution in [-0.2, 0) is 4.74 Å². The fourth-order valence-electron chi connectivity index (χ4n) is 1.56. The molecule has 0 amide bonds. The molecule has 0 bridgehead atoms. The van der Waals surface area contributed by atoms with Crippen LogP contribution >= 0.6 is 0 Å². The van der Waals surface area contributed by atoms with E-state index >= 15 is 0 Å². The normalized spacial score (nSPS) is 43.5. The van der Waals surface area contributed by atoms with Crippen molar-refractivity contribution in [2.45, 2.75) is 37.9 Å². The molecule has 0 saturated carbocycles. The highest BCUT2D eigenvalue weighted by Crippen LogP contribution is 2.21. The lowest BCUT2D eigenvalue weighted by molar-refractivity contribution is -0.230. The Morgan fingerprint density at radius 2 is 1.92 bits per heavy atom. The van der Waals surface area contributed by atoms with Gasteiger partial charge in [-0.1, -0.05) is 0 Å². The van der Waals surface area contributed by atoms with Gasteiger partial charge in [-0.15, -0.1) is 0 Å². The van der Waals surface area contributed by atoms with Crippen molar-refractivity contribution in [2.24, 2.45) is 0 Å². The van der Waals surface area contributed by atoms with Crippen molar-refractivity contribution >= 4 is 0 Å². The molecule has 12 heavy (non-hydrogen) atoms. The molecule has 0 spiro atoms. The fourth-order valence-corrected chi connectivity index (χ4v) is 1.56. The van der Waals surface area contributed by atoms with Crippen molar-refractivity contribution in [2.75, 3.05) is 14.1 Å². The first-order chi connectivity index (χ1) is 5.52. The molecule has 1 fully saturated rings. The van der Waals surface area contributed by atoms with E-state index < -0.39 is 12.4 Å². The number of nitrogens with zero attached hydrogens (tertiary/aromatic N) is 1. The van der Waals surface area contributed by atoms with Crippen LogP contribution in [0, 0.1) is 0 Å². The van der Waals surface area contributed by atoms with E-state index in [4.69, 9.17) is 4.74 Å². The van der Waals surface area contributed by atoms with E-state index in [0.717, 1.165) is 6.42 Å². The molecule has 1 rings (SSSR count). The molecule has 1 heterocycles. The van der Waals surface area contributed by atoms with Crippen molar-refractivity contribution in [1.82, 2.24) is 4.90 Å². The number of aliphatic hydroxyl groups excluding tert-OH is 2. The van der Waals surface area contributed by atoms with E-state index in [-0.39, 0.29) is 12.1 Å². The minimum absolute atomic E-state index is 0.01000. The van der Waals surface area contributed by atoms with Crippen LogP contribution in [0.1, 0.15) is 13.3 Å². The molecule has 4 atom stereocenters. The topological polar surface area (TPSA) is 52.9 Å². The van der Waals surface area contributed by atoms with E-state index in [1.54, 1.807) is 0 Å². The largest absolute Gasteiger partial charge is 0.386 e. The molecule has 1 aliphatic heterocycles. The summed E-state index contributed by atoms with van der Waals surface area (Å²) in [6.45, 7) is 1.89. The summed E-state index contributed by atoms with van der Waals surface area (Å²) in [5.74, 6) is 0. The molecule has 72 valence electrons. The lowest BCUT2D eigenvalue weighted by Gasteiger charge is -2.38. The second-order valence-electron chi connectivity index (χ2n) is 3.59. The smallest absolute Gasteiger partial charge is 0.182 e. The SMILES string of the molecule is C[C@H]1C[C@H](N(C)C)[C@H](O)[C@H](O)O1. The van der Waals surface area contributed by atoms with Gasteiger partial charge < -0.3 is 19.8 Å². The van der Waals surface area contributed by atoms with E-state index in [0.29, 0.717) is 0 Å². The molecule has 0 aromatic carbocycles. The standard InChI is InChI=1S/C8H17NO3/c1-5-4-6(9(2)3)7(10)8(11)12-5/h5-8,10-11H,4H2,1-3H3/t5-,6-,7-,8+/m0/s1. The molecular weight excluding hydrogens is 158 g/mol. The fraction of sp³-hybridized carbons (Fsp3) is 1.00. The number of aliphatic hydroxyl groups is 2. The Balaban J connectivity index is 2.60. The monoisotopic (exact) mass is 175 g/mol. The Kier molecular flexibility index (Phi) is 3.06. The Labute approximate surface area is 72.7 Å². The summed E-state index contributed by atoms with van der Waals surface area (Å²) in [7, 11) is 3.78. The van der Waals surface area contributed by atoms with Crippen LogP contribution < -0.4 is 0 Å². The average molecular weight is 175 g/mol. The molecule has 2 N–H and O–H groups in total. The van der Waals surface area contributed by atoms with Crippen molar-refractivity contribution < 1.29 is 14.9 Å². The molecule has 0 radical (unpaired) electrons. The van der Waals surface area contributed by atoms with Gasteiger partial charge in [-0.25, -0.2) is 0 Å². The van der Waals surface area contributed by atoms with Crippen molar-refractivity contribution in [3.63, 3.8) is 0 Å². The van der Waals surface area contributed by atoms with Gasteiger partial charge in [-0.2, -0.15) is 0 Å². The minimum atomic E-state index is -1.04. The Bertz CT molecular complexity index is 151. The molecule has 0 unspecified atom stereocenters. The summed E-state index contributed by atoms with van der Waals surface area (Å²) < 4.78 is 5.06. The summed E-state index contributed by atoms with van der Waals surface area (Å²) in [6, 6.07) is -0.0104. The Morgan fingerprint density at radius 1 is 1.33 bits per heavy atom. The zero-order chi connectivity index (χ0) is 9.30. The number of hydrogen-bond acceptors (Lipinski definition) is 4. The summed E-state index contributed by atoms with van der Waals surface area (Å²) in [4.78, 5) is 1.91. The molecule has 1 saturated heterocycles. The maximum absolute atomic E-state index is 9.51. The molecule has 0 aliphatic carbocycles. The second-order valence-corrected chi connectivity index (χ2v) is 3.59. The first-order valence-corrected chi connectivity index (χ1v) is 4.20. The zero-order valence-electron chi connectivity index (χ0n) is 7.77. The van der Waals surface area contributed by atoms with Crippen molar-refractivity contribution in [3.05, 3.63) is 0 Å². The van der Waals surface area contributed by atoms with E-state index in [9.17, 15) is 10.2 Å². The van der Waals surface area contributed by atoms with Crippen molar-refractivity contribution in [3.8, 4) is 0 Å². The molecule has 4 heteroatoms. The summed E-state index contributed by atoms with van der Waals surface area (Å²) in [6.07, 6.45) is -1.07. The van der Waals surface area contributed by atoms with Crippen LogP contribution in [0.3, 0.4) is 0 Å². The van der Waals surface area contributed by atoms with Gasteiger partial charge in [0.15, 0.2) is 6.29 Å². The highest BCUT2D eigenvalue weighted by Gasteiger charge is 2.35. The zero-order valence-corrected chi connectivity index (χ0v) is 7.77. The first kappa shape index (κ1) is 9.92. The van der Waals surface area contributed by atoms with E-state index in [1.807, 2.05) is 25.9 Å². The highest BCUT2D eigenvalue weighted by atomic mass is 16.6. The number of hydrogen-bond donors (Lipinski definition) is 2. The lowest BCUT2D eigenvalue weighted by atomic mass is 9.99. The molecule has 0 aromatic rings. The molecule has 1 aliphatic rings. The van der Waals surface area contributed by atoms with Crippen molar-refractivity contribution in [1.29, 1.82) is 0 Å². The van der Waals surface area contributed by atoms with Gasteiger partial charge in [-0.05, 0) is 27.4 Å². The van der Waals surface area contributed by atoms with Gasteiger partial charge in [0.25, 0.3) is 0 Å². The number of ether oxygens (including phenoxy) is 1. The van der Waals surface area contributed by atoms with Crippen LogP contribution in [0.2, 0.25) is 0 Å². The minimum Gasteiger partial charge on any atom is -0.386 e. The highest BCUT2D eigenvalue weighted by molar-refractivity contribution is 4.84. The quantitative estimate of drug-likeness (QED) is 0.559. The first-order valence-electron chi connectivity index (χ1n) is 4.20. The van der Waals surface area contributed by atoms with Crippen LogP contribution in [0.4, 0.5) is 0 Å². The Morgan fingerprint density at radius 3 is 2.42 bits per heavy atom.